The minimum Gasteiger partial charge on any atom is -0.394 e. The first kappa shape index (κ1) is 21.9. The van der Waals surface area contributed by atoms with E-state index >= 15 is 0 Å². The van der Waals surface area contributed by atoms with E-state index in [4.69, 9.17) is 16.3 Å². The summed E-state index contributed by atoms with van der Waals surface area (Å²) in [5.74, 6) is 0. The van der Waals surface area contributed by atoms with Crippen LogP contribution in [0.15, 0.2) is 36.5 Å². The van der Waals surface area contributed by atoms with Gasteiger partial charge in [0.2, 0.25) is 0 Å². The fourth-order valence-corrected chi connectivity index (χ4v) is 5.57. The highest BCUT2D eigenvalue weighted by Crippen LogP contribution is 2.36. The van der Waals surface area contributed by atoms with Gasteiger partial charge in [0.25, 0.3) is 0 Å². The average molecular weight is 468 g/mol. The van der Waals surface area contributed by atoms with E-state index in [-0.39, 0.29) is 0 Å². The SMILES string of the molecule is Cc1ccc(-c2ncc(Cc3cc([C@@H]4O[C@H](CO)[C@@H](O)[C@H](O)[C@H]4O)ccc3Cl)s2)s1. The van der Waals surface area contributed by atoms with Gasteiger partial charge < -0.3 is 25.2 Å². The maximum absolute atomic E-state index is 10.4. The van der Waals surface area contributed by atoms with Gasteiger partial charge in [-0.25, -0.2) is 4.98 Å². The predicted octanol–water partition coefficient (Wildman–Crippen LogP) is 2.94. The highest BCUT2D eigenvalue weighted by atomic mass is 35.5. The summed E-state index contributed by atoms with van der Waals surface area (Å²) in [7, 11) is 0. The number of benzene rings is 1. The van der Waals surface area contributed by atoms with Crippen LogP contribution in [0.4, 0.5) is 0 Å². The summed E-state index contributed by atoms with van der Waals surface area (Å²) in [6.07, 6.45) is -3.57. The molecule has 6 nitrogen and oxygen atoms in total. The monoisotopic (exact) mass is 467 g/mol. The molecule has 1 aliphatic heterocycles. The van der Waals surface area contributed by atoms with Crippen LogP contribution in [-0.2, 0) is 11.2 Å². The van der Waals surface area contributed by atoms with Gasteiger partial charge in [0.15, 0.2) is 0 Å². The largest absolute Gasteiger partial charge is 0.394 e. The third-order valence-electron chi connectivity index (χ3n) is 5.16. The van der Waals surface area contributed by atoms with Gasteiger partial charge in [0.1, 0.15) is 35.5 Å². The van der Waals surface area contributed by atoms with Crippen molar-refractivity contribution < 1.29 is 25.2 Å². The summed E-state index contributed by atoms with van der Waals surface area (Å²) in [6.45, 7) is 1.60. The third kappa shape index (κ3) is 4.32. The van der Waals surface area contributed by atoms with Crippen LogP contribution in [0.25, 0.3) is 9.88 Å². The molecule has 0 unspecified atom stereocenters. The van der Waals surface area contributed by atoms with Gasteiger partial charge in [-0.1, -0.05) is 23.7 Å². The standard InChI is InChI=1S/C21H22ClNO5S2/c1-10-2-5-16(29-10)21-23-8-13(30-21)7-12-6-11(3-4-14(12)22)20-19(27)18(26)17(25)15(9-24)28-20/h2-6,8,15,17-20,24-27H,7,9H2,1H3/t15-,17-,18+,19-,20+/m1/s1. The second kappa shape index (κ2) is 9.02. The number of halogens is 1. The number of rotatable bonds is 5. The van der Waals surface area contributed by atoms with E-state index in [0.29, 0.717) is 17.0 Å². The van der Waals surface area contributed by atoms with E-state index in [9.17, 15) is 20.4 Å². The molecule has 0 radical (unpaired) electrons. The maximum Gasteiger partial charge on any atom is 0.133 e. The molecule has 1 saturated heterocycles. The molecule has 4 N–H and O–H groups in total. The molecular weight excluding hydrogens is 446 g/mol. The molecule has 9 heteroatoms. The lowest BCUT2D eigenvalue weighted by atomic mass is 9.90. The molecule has 0 bridgehead atoms. The summed E-state index contributed by atoms with van der Waals surface area (Å²) < 4.78 is 5.66. The lowest BCUT2D eigenvalue weighted by Gasteiger charge is -2.40. The molecule has 5 atom stereocenters. The Morgan fingerprint density at radius 3 is 2.57 bits per heavy atom. The van der Waals surface area contributed by atoms with E-state index in [1.54, 1.807) is 34.8 Å². The van der Waals surface area contributed by atoms with Crippen LogP contribution in [0, 0.1) is 6.92 Å². The van der Waals surface area contributed by atoms with Gasteiger partial charge >= 0.3 is 0 Å². The number of aryl methyl sites for hydroxylation is 1. The summed E-state index contributed by atoms with van der Waals surface area (Å²) in [5, 5.41) is 41.4. The van der Waals surface area contributed by atoms with E-state index in [1.807, 2.05) is 12.3 Å². The van der Waals surface area contributed by atoms with Gasteiger partial charge in [-0.05, 0) is 36.2 Å². The molecule has 0 spiro atoms. The number of aliphatic hydroxyl groups is 4. The van der Waals surface area contributed by atoms with Crippen molar-refractivity contribution in [3.8, 4) is 9.88 Å². The molecule has 160 valence electrons. The number of hydrogen-bond donors (Lipinski definition) is 4. The Labute approximate surface area is 187 Å². The zero-order chi connectivity index (χ0) is 21.4. The van der Waals surface area contributed by atoms with Crippen molar-refractivity contribution in [3.05, 3.63) is 62.4 Å². The van der Waals surface area contributed by atoms with Crippen molar-refractivity contribution >= 4 is 34.3 Å². The Bertz CT molecular complexity index is 1020. The lowest BCUT2D eigenvalue weighted by molar-refractivity contribution is -0.231. The Morgan fingerprint density at radius 1 is 1.07 bits per heavy atom. The highest BCUT2D eigenvalue weighted by molar-refractivity contribution is 7.21. The van der Waals surface area contributed by atoms with E-state index in [2.05, 4.69) is 24.0 Å². The Morgan fingerprint density at radius 2 is 1.87 bits per heavy atom. The molecule has 4 rings (SSSR count). The van der Waals surface area contributed by atoms with Crippen molar-refractivity contribution in [2.75, 3.05) is 6.61 Å². The predicted molar refractivity (Wildman–Crippen MR) is 117 cm³/mol. The first-order chi connectivity index (χ1) is 14.4. The molecule has 0 aliphatic carbocycles. The number of thiophene rings is 1. The number of aromatic nitrogens is 1. The van der Waals surface area contributed by atoms with Gasteiger partial charge in [-0.3, -0.25) is 0 Å². The quantitative estimate of drug-likeness (QED) is 0.460. The van der Waals surface area contributed by atoms with Crippen molar-refractivity contribution in [2.24, 2.45) is 0 Å². The van der Waals surface area contributed by atoms with Crippen LogP contribution in [0.2, 0.25) is 5.02 Å². The van der Waals surface area contributed by atoms with Crippen LogP contribution >= 0.6 is 34.3 Å². The summed E-state index contributed by atoms with van der Waals surface area (Å²) in [4.78, 5) is 7.93. The number of hydrogen-bond acceptors (Lipinski definition) is 8. The van der Waals surface area contributed by atoms with Crippen LogP contribution in [0.3, 0.4) is 0 Å². The first-order valence-electron chi connectivity index (χ1n) is 9.47. The number of aliphatic hydroxyl groups excluding tert-OH is 4. The van der Waals surface area contributed by atoms with Crippen LogP contribution in [0.5, 0.6) is 0 Å². The van der Waals surface area contributed by atoms with E-state index < -0.39 is 37.1 Å². The molecule has 0 amide bonds. The van der Waals surface area contributed by atoms with E-state index in [0.717, 1.165) is 20.3 Å². The average Bonchev–Trinajstić information content (AvgIpc) is 3.37. The molecule has 30 heavy (non-hydrogen) atoms. The normalized spacial score (nSPS) is 26.8. The first-order valence-corrected chi connectivity index (χ1v) is 11.5. The van der Waals surface area contributed by atoms with Gasteiger partial charge in [0, 0.05) is 27.4 Å². The minimum absolute atomic E-state index is 0.465. The maximum atomic E-state index is 10.4. The zero-order valence-electron chi connectivity index (χ0n) is 16.1. The second-order valence-corrected chi connectivity index (χ2v) is 10.1. The number of thiazole rings is 1. The fourth-order valence-electron chi connectivity index (χ4n) is 3.52. The van der Waals surface area contributed by atoms with Crippen molar-refractivity contribution in [1.82, 2.24) is 4.98 Å². The smallest absolute Gasteiger partial charge is 0.133 e. The fraction of sp³-hybridized carbons (Fsp3) is 0.381. The van der Waals surface area contributed by atoms with Crippen LogP contribution < -0.4 is 0 Å². The summed E-state index contributed by atoms with van der Waals surface area (Å²) >= 11 is 9.71. The molecule has 3 heterocycles. The topological polar surface area (TPSA) is 103 Å². The highest BCUT2D eigenvalue weighted by Gasteiger charge is 2.44. The molecule has 2 aromatic heterocycles. The second-order valence-electron chi connectivity index (χ2n) is 7.32. The molecule has 3 aromatic rings. The third-order valence-corrected chi connectivity index (χ3v) is 7.70. The van der Waals surface area contributed by atoms with Crippen molar-refractivity contribution in [1.29, 1.82) is 0 Å². The Kier molecular flexibility index (Phi) is 6.57. The minimum atomic E-state index is -1.42. The van der Waals surface area contributed by atoms with Crippen molar-refractivity contribution in [3.63, 3.8) is 0 Å². The molecule has 1 fully saturated rings. The molecular formula is C21H22ClNO5S2. The Hall–Kier alpha value is -1.36. The molecule has 1 aromatic carbocycles. The molecule has 1 aliphatic rings. The number of ether oxygens (including phenoxy) is 1. The van der Waals surface area contributed by atoms with Gasteiger partial charge in [-0.2, -0.15) is 0 Å². The summed E-state index contributed by atoms with van der Waals surface area (Å²) in [5.41, 5.74) is 1.45. The van der Waals surface area contributed by atoms with E-state index in [1.165, 1.54) is 4.88 Å². The van der Waals surface area contributed by atoms with Crippen LogP contribution in [-0.4, -0.2) is 56.4 Å². The summed E-state index contributed by atoms with van der Waals surface area (Å²) in [6, 6.07) is 9.39. The van der Waals surface area contributed by atoms with Crippen molar-refractivity contribution in [2.45, 2.75) is 43.9 Å². The lowest BCUT2D eigenvalue weighted by Crippen LogP contribution is -2.55. The number of nitrogens with zero attached hydrogens (tertiary/aromatic N) is 1. The molecule has 0 saturated carbocycles. The zero-order valence-corrected chi connectivity index (χ0v) is 18.5. The van der Waals surface area contributed by atoms with Gasteiger partial charge in [0.05, 0.1) is 11.5 Å². The van der Waals surface area contributed by atoms with Gasteiger partial charge in [-0.15, -0.1) is 22.7 Å². The van der Waals surface area contributed by atoms with Crippen LogP contribution in [0.1, 0.15) is 27.0 Å². The Balaban J connectivity index is 1.57.